The highest BCUT2D eigenvalue weighted by molar-refractivity contribution is 5.76. The van der Waals surface area contributed by atoms with Gasteiger partial charge in [0.2, 0.25) is 0 Å². The van der Waals surface area contributed by atoms with E-state index in [0.29, 0.717) is 0 Å². The summed E-state index contributed by atoms with van der Waals surface area (Å²) >= 11 is 0. The maximum absolute atomic E-state index is 11.7. The third kappa shape index (κ3) is 10.4. The Labute approximate surface area is 116 Å². The molecule has 112 valence electrons. The van der Waals surface area contributed by atoms with Crippen molar-refractivity contribution in [3.63, 3.8) is 0 Å². The van der Waals surface area contributed by atoms with E-state index in [2.05, 4.69) is 17.6 Å². The summed E-state index contributed by atoms with van der Waals surface area (Å²) in [7, 11) is 0. The molecule has 0 spiro atoms. The number of hydrogen-bond donors (Lipinski definition) is 3. The van der Waals surface area contributed by atoms with Crippen LogP contribution in [-0.2, 0) is 4.79 Å². The number of carbonyl (C=O) groups excluding carboxylic acids is 1. The summed E-state index contributed by atoms with van der Waals surface area (Å²) in [6, 6.07) is -0.188. The predicted octanol–water partition coefficient (Wildman–Crippen LogP) is 2.90. The molecule has 0 saturated heterocycles. The molecule has 0 aromatic heterocycles. The van der Waals surface area contributed by atoms with Crippen molar-refractivity contribution < 1.29 is 14.7 Å². The molecule has 5 nitrogen and oxygen atoms in total. The first-order valence-electron chi connectivity index (χ1n) is 7.07. The highest BCUT2D eigenvalue weighted by Crippen LogP contribution is 2.08. The molecule has 1 atom stereocenters. The molecule has 19 heavy (non-hydrogen) atoms. The van der Waals surface area contributed by atoms with E-state index in [1.807, 2.05) is 6.92 Å². The second-order valence-corrected chi connectivity index (χ2v) is 5.80. The molecule has 0 saturated carbocycles. The Hall–Kier alpha value is -1.26. The highest BCUT2D eigenvalue weighted by atomic mass is 16.4. The molecule has 0 aromatic rings. The molecule has 0 aliphatic heterocycles. The number of carboxylic acid groups (broad SMARTS) is 1. The van der Waals surface area contributed by atoms with Gasteiger partial charge in [-0.1, -0.05) is 32.6 Å². The van der Waals surface area contributed by atoms with Crippen molar-refractivity contribution in [2.24, 2.45) is 0 Å². The summed E-state index contributed by atoms with van der Waals surface area (Å²) in [4.78, 5) is 22.4. The van der Waals surface area contributed by atoms with Gasteiger partial charge in [0.25, 0.3) is 0 Å². The standard InChI is InChI=1S/C14H28N2O3/c1-5-6-7-8-9-11(2)15-13(19)16-14(3,4)10-12(17)18/h11H,5-10H2,1-4H3,(H,17,18)(H2,15,16,19). The summed E-state index contributed by atoms with van der Waals surface area (Å²) in [6.45, 7) is 7.54. The van der Waals surface area contributed by atoms with Gasteiger partial charge in [-0.05, 0) is 27.2 Å². The van der Waals surface area contributed by atoms with Gasteiger partial charge in [0, 0.05) is 11.6 Å². The maximum Gasteiger partial charge on any atom is 0.315 e. The fourth-order valence-electron chi connectivity index (χ4n) is 1.94. The number of nitrogens with one attached hydrogen (secondary N) is 2. The lowest BCUT2D eigenvalue weighted by Crippen LogP contribution is -2.51. The van der Waals surface area contributed by atoms with Crippen molar-refractivity contribution in [3.05, 3.63) is 0 Å². The number of hydrogen-bond acceptors (Lipinski definition) is 2. The molecule has 0 aliphatic rings. The summed E-state index contributed by atoms with van der Waals surface area (Å²) in [5.74, 6) is -0.919. The van der Waals surface area contributed by atoms with Crippen molar-refractivity contribution in [3.8, 4) is 0 Å². The van der Waals surface area contributed by atoms with Crippen LogP contribution in [0, 0.1) is 0 Å². The Morgan fingerprint density at radius 3 is 2.37 bits per heavy atom. The van der Waals surface area contributed by atoms with E-state index >= 15 is 0 Å². The Morgan fingerprint density at radius 1 is 1.21 bits per heavy atom. The molecule has 0 rings (SSSR count). The second-order valence-electron chi connectivity index (χ2n) is 5.80. The van der Waals surface area contributed by atoms with Gasteiger partial charge in [0.15, 0.2) is 0 Å². The fourth-order valence-corrected chi connectivity index (χ4v) is 1.94. The van der Waals surface area contributed by atoms with Gasteiger partial charge >= 0.3 is 12.0 Å². The molecule has 0 radical (unpaired) electrons. The lowest BCUT2D eigenvalue weighted by Gasteiger charge is -2.25. The minimum absolute atomic E-state index is 0.0920. The molecule has 1 unspecified atom stereocenters. The van der Waals surface area contributed by atoms with Crippen LogP contribution < -0.4 is 10.6 Å². The molecule has 0 aliphatic carbocycles. The maximum atomic E-state index is 11.7. The summed E-state index contributed by atoms with van der Waals surface area (Å²) in [5, 5.41) is 14.3. The predicted molar refractivity (Wildman–Crippen MR) is 76.2 cm³/mol. The van der Waals surface area contributed by atoms with E-state index in [4.69, 9.17) is 5.11 Å². The van der Waals surface area contributed by atoms with Crippen molar-refractivity contribution in [1.29, 1.82) is 0 Å². The van der Waals surface area contributed by atoms with Crippen molar-refractivity contribution in [1.82, 2.24) is 10.6 Å². The van der Waals surface area contributed by atoms with E-state index in [9.17, 15) is 9.59 Å². The first-order chi connectivity index (χ1) is 8.76. The normalized spacial score (nSPS) is 12.8. The van der Waals surface area contributed by atoms with Gasteiger partial charge < -0.3 is 15.7 Å². The first-order valence-corrected chi connectivity index (χ1v) is 7.07. The van der Waals surface area contributed by atoms with Crippen molar-refractivity contribution in [2.75, 3.05) is 0 Å². The quantitative estimate of drug-likeness (QED) is 0.565. The average molecular weight is 272 g/mol. The van der Waals surface area contributed by atoms with Crippen molar-refractivity contribution in [2.45, 2.75) is 77.8 Å². The molecule has 0 fully saturated rings. The zero-order valence-corrected chi connectivity index (χ0v) is 12.6. The average Bonchev–Trinajstić information content (AvgIpc) is 2.21. The number of unbranched alkanes of at least 4 members (excludes halogenated alkanes) is 3. The molecule has 2 amide bonds. The van der Waals surface area contributed by atoms with E-state index in [1.165, 1.54) is 19.3 Å². The molecule has 0 heterocycles. The third-order valence-corrected chi connectivity index (χ3v) is 2.91. The summed E-state index contributed by atoms with van der Waals surface area (Å²) in [6.07, 6.45) is 5.58. The number of carbonyl (C=O) groups is 2. The SMILES string of the molecule is CCCCCCC(C)NC(=O)NC(C)(C)CC(=O)O. The van der Waals surface area contributed by atoms with Crippen LogP contribution in [0.4, 0.5) is 4.79 Å². The summed E-state index contributed by atoms with van der Waals surface area (Å²) in [5.41, 5.74) is -0.738. The molecule has 0 aromatic carbocycles. The zero-order chi connectivity index (χ0) is 14.9. The van der Waals surface area contributed by atoms with Gasteiger partial charge in [-0.25, -0.2) is 4.79 Å². The minimum Gasteiger partial charge on any atom is -0.481 e. The van der Waals surface area contributed by atoms with Crippen LogP contribution in [0.15, 0.2) is 0 Å². The topological polar surface area (TPSA) is 78.4 Å². The Kier molecular flexibility index (Phi) is 8.19. The van der Waals surface area contributed by atoms with Gasteiger partial charge in [0.05, 0.1) is 6.42 Å². The number of rotatable bonds is 9. The van der Waals surface area contributed by atoms with Crippen LogP contribution in [0.25, 0.3) is 0 Å². The van der Waals surface area contributed by atoms with Gasteiger partial charge in [-0.3, -0.25) is 4.79 Å². The highest BCUT2D eigenvalue weighted by Gasteiger charge is 2.24. The van der Waals surface area contributed by atoms with Crippen LogP contribution in [-0.4, -0.2) is 28.7 Å². The Morgan fingerprint density at radius 2 is 1.84 bits per heavy atom. The monoisotopic (exact) mass is 272 g/mol. The number of carboxylic acids is 1. The first kappa shape index (κ1) is 17.7. The Balaban J connectivity index is 3.92. The Bertz CT molecular complexity index is 290. The zero-order valence-electron chi connectivity index (χ0n) is 12.6. The van der Waals surface area contributed by atoms with E-state index < -0.39 is 11.5 Å². The number of amides is 2. The molecular formula is C14H28N2O3. The minimum atomic E-state index is -0.919. The van der Waals surface area contributed by atoms with Gasteiger partial charge in [-0.2, -0.15) is 0 Å². The third-order valence-electron chi connectivity index (χ3n) is 2.91. The molecule has 0 bridgehead atoms. The van der Waals surface area contributed by atoms with E-state index in [1.54, 1.807) is 13.8 Å². The van der Waals surface area contributed by atoms with Crippen LogP contribution in [0.5, 0.6) is 0 Å². The lowest BCUT2D eigenvalue weighted by atomic mass is 10.0. The number of urea groups is 1. The molecular weight excluding hydrogens is 244 g/mol. The van der Waals surface area contributed by atoms with Gasteiger partial charge in [0.1, 0.15) is 0 Å². The molecule has 5 heteroatoms. The lowest BCUT2D eigenvalue weighted by molar-refractivity contribution is -0.138. The largest absolute Gasteiger partial charge is 0.481 e. The fraction of sp³-hybridized carbons (Fsp3) is 0.857. The van der Waals surface area contributed by atoms with Crippen molar-refractivity contribution >= 4 is 12.0 Å². The van der Waals surface area contributed by atoms with Crippen LogP contribution in [0.3, 0.4) is 0 Å². The van der Waals surface area contributed by atoms with Crippen LogP contribution in [0.1, 0.15) is 66.2 Å². The smallest absolute Gasteiger partial charge is 0.315 e. The van der Waals surface area contributed by atoms with Crippen LogP contribution >= 0.6 is 0 Å². The number of aliphatic carboxylic acids is 1. The second kappa shape index (κ2) is 8.77. The van der Waals surface area contributed by atoms with Gasteiger partial charge in [-0.15, -0.1) is 0 Å². The summed E-state index contributed by atoms with van der Waals surface area (Å²) < 4.78 is 0. The van der Waals surface area contributed by atoms with E-state index in [0.717, 1.165) is 12.8 Å². The van der Waals surface area contributed by atoms with E-state index in [-0.39, 0.29) is 18.5 Å². The van der Waals surface area contributed by atoms with Crippen LogP contribution in [0.2, 0.25) is 0 Å². The molecule has 3 N–H and O–H groups in total.